The molecule has 4 heteroatoms. The van der Waals surface area contributed by atoms with E-state index in [1.807, 2.05) is 0 Å². The van der Waals surface area contributed by atoms with Crippen LogP contribution in [0.25, 0.3) is 0 Å². The highest BCUT2D eigenvalue weighted by Crippen LogP contribution is 2.27. The molecule has 0 aliphatic carbocycles. The SMILES string of the molecule is OCCc1ncc(C2CCOCC2)o1. The highest BCUT2D eigenvalue weighted by Gasteiger charge is 2.19. The predicted octanol–water partition coefficient (Wildman–Crippen LogP) is 1.10. The molecule has 1 aliphatic rings. The van der Waals surface area contributed by atoms with Crippen LogP contribution in [-0.4, -0.2) is 29.9 Å². The molecule has 2 heterocycles. The van der Waals surface area contributed by atoms with Gasteiger partial charge in [0.2, 0.25) is 0 Å². The minimum absolute atomic E-state index is 0.0910. The average Bonchev–Trinajstić information content (AvgIpc) is 2.68. The maximum absolute atomic E-state index is 8.72. The Balaban J connectivity index is 2.00. The fourth-order valence-corrected chi connectivity index (χ4v) is 1.71. The minimum Gasteiger partial charge on any atom is -0.445 e. The van der Waals surface area contributed by atoms with E-state index in [0.717, 1.165) is 31.8 Å². The molecular weight excluding hydrogens is 182 g/mol. The molecule has 0 unspecified atom stereocenters. The zero-order valence-electron chi connectivity index (χ0n) is 8.11. The van der Waals surface area contributed by atoms with Crippen molar-refractivity contribution in [2.75, 3.05) is 19.8 Å². The second-order valence-corrected chi connectivity index (χ2v) is 3.52. The Bertz CT molecular complexity index is 279. The number of hydrogen-bond donors (Lipinski definition) is 1. The van der Waals surface area contributed by atoms with Crippen LogP contribution in [0, 0.1) is 0 Å². The van der Waals surface area contributed by atoms with Gasteiger partial charge < -0.3 is 14.3 Å². The predicted molar refractivity (Wildman–Crippen MR) is 50.1 cm³/mol. The largest absolute Gasteiger partial charge is 0.445 e. The summed E-state index contributed by atoms with van der Waals surface area (Å²) in [6, 6.07) is 0. The van der Waals surface area contributed by atoms with Crippen molar-refractivity contribution >= 4 is 0 Å². The van der Waals surface area contributed by atoms with E-state index in [2.05, 4.69) is 4.98 Å². The molecule has 1 N–H and O–H groups in total. The van der Waals surface area contributed by atoms with E-state index in [1.54, 1.807) is 6.20 Å². The van der Waals surface area contributed by atoms with Crippen LogP contribution in [0.15, 0.2) is 10.6 Å². The molecule has 1 fully saturated rings. The van der Waals surface area contributed by atoms with Crippen molar-refractivity contribution in [1.82, 2.24) is 4.98 Å². The van der Waals surface area contributed by atoms with E-state index < -0.39 is 0 Å². The monoisotopic (exact) mass is 197 g/mol. The van der Waals surface area contributed by atoms with Gasteiger partial charge in [0.05, 0.1) is 12.8 Å². The first kappa shape index (κ1) is 9.68. The Kier molecular flexibility index (Phi) is 3.16. The van der Waals surface area contributed by atoms with Gasteiger partial charge in [-0.05, 0) is 12.8 Å². The van der Waals surface area contributed by atoms with Gasteiger partial charge in [-0.2, -0.15) is 0 Å². The maximum Gasteiger partial charge on any atom is 0.196 e. The lowest BCUT2D eigenvalue weighted by atomic mass is 9.98. The van der Waals surface area contributed by atoms with E-state index in [-0.39, 0.29) is 6.61 Å². The van der Waals surface area contributed by atoms with Crippen molar-refractivity contribution in [1.29, 1.82) is 0 Å². The third-order valence-corrected chi connectivity index (χ3v) is 2.52. The lowest BCUT2D eigenvalue weighted by Gasteiger charge is -2.19. The van der Waals surface area contributed by atoms with Gasteiger partial charge in [0.25, 0.3) is 0 Å². The van der Waals surface area contributed by atoms with Crippen molar-refractivity contribution in [3.63, 3.8) is 0 Å². The summed E-state index contributed by atoms with van der Waals surface area (Å²) in [6.07, 6.45) is 4.30. The third-order valence-electron chi connectivity index (χ3n) is 2.52. The summed E-state index contributed by atoms with van der Waals surface area (Å²) in [6.45, 7) is 1.70. The zero-order valence-corrected chi connectivity index (χ0v) is 8.11. The number of rotatable bonds is 3. The Labute approximate surface area is 82.9 Å². The van der Waals surface area contributed by atoms with Crippen molar-refractivity contribution in [2.45, 2.75) is 25.2 Å². The molecule has 1 aromatic heterocycles. The fraction of sp³-hybridized carbons (Fsp3) is 0.700. The van der Waals surface area contributed by atoms with E-state index in [9.17, 15) is 0 Å². The fourth-order valence-electron chi connectivity index (χ4n) is 1.71. The van der Waals surface area contributed by atoms with E-state index >= 15 is 0 Å². The van der Waals surface area contributed by atoms with Gasteiger partial charge in [0, 0.05) is 25.6 Å². The molecule has 14 heavy (non-hydrogen) atoms. The normalized spacial score (nSPS) is 18.6. The van der Waals surface area contributed by atoms with Crippen molar-refractivity contribution in [3.05, 3.63) is 17.8 Å². The molecule has 2 rings (SSSR count). The van der Waals surface area contributed by atoms with Crippen molar-refractivity contribution in [3.8, 4) is 0 Å². The number of hydrogen-bond acceptors (Lipinski definition) is 4. The Morgan fingerprint density at radius 2 is 2.21 bits per heavy atom. The smallest absolute Gasteiger partial charge is 0.196 e. The molecule has 0 atom stereocenters. The van der Waals surface area contributed by atoms with Crippen LogP contribution in [0.5, 0.6) is 0 Å². The number of aliphatic hydroxyl groups excluding tert-OH is 1. The van der Waals surface area contributed by atoms with E-state index in [0.29, 0.717) is 18.2 Å². The van der Waals surface area contributed by atoms with Crippen LogP contribution in [0.3, 0.4) is 0 Å². The number of oxazole rings is 1. The molecule has 4 nitrogen and oxygen atoms in total. The zero-order chi connectivity index (χ0) is 9.80. The minimum atomic E-state index is 0.0910. The summed E-state index contributed by atoms with van der Waals surface area (Å²) in [5.41, 5.74) is 0. The van der Waals surface area contributed by atoms with Gasteiger partial charge in [-0.25, -0.2) is 4.98 Å². The molecule has 1 aromatic rings. The Morgan fingerprint density at radius 3 is 2.93 bits per heavy atom. The summed E-state index contributed by atoms with van der Waals surface area (Å²) >= 11 is 0. The Morgan fingerprint density at radius 1 is 1.43 bits per heavy atom. The second kappa shape index (κ2) is 4.57. The highest BCUT2D eigenvalue weighted by molar-refractivity contribution is 5.02. The number of ether oxygens (including phenoxy) is 1. The van der Waals surface area contributed by atoms with E-state index in [1.165, 1.54) is 0 Å². The summed E-state index contributed by atoms with van der Waals surface area (Å²) in [5.74, 6) is 2.02. The third kappa shape index (κ3) is 2.13. The molecular formula is C10H15NO3. The van der Waals surface area contributed by atoms with Crippen LogP contribution in [0.1, 0.15) is 30.4 Å². The topological polar surface area (TPSA) is 55.5 Å². The lowest BCUT2D eigenvalue weighted by Crippen LogP contribution is -2.13. The van der Waals surface area contributed by atoms with Crippen LogP contribution in [0.2, 0.25) is 0 Å². The Hall–Kier alpha value is -0.870. The standard InChI is InChI=1S/C10H15NO3/c12-4-1-10-11-7-9(14-10)8-2-5-13-6-3-8/h7-8,12H,1-6H2. The summed E-state index contributed by atoms with van der Waals surface area (Å²) in [4.78, 5) is 4.11. The number of aromatic nitrogens is 1. The molecule has 1 aliphatic heterocycles. The van der Waals surface area contributed by atoms with Gasteiger partial charge in [0.15, 0.2) is 5.89 Å². The van der Waals surface area contributed by atoms with Gasteiger partial charge in [-0.1, -0.05) is 0 Å². The first-order chi connectivity index (χ1) is 6.90. The van der Waals surface area contributed by atoms with Crippen LogP contribution < -0.4 is 0 Å². The number of aliphatic hydroxyl groups is 1. The van der Waals surface area contributed by atoms with Crippen LogP contribution in [0.4, 0.5) is 0 Å². The van der Waals surface area contributed by atoms with Crippen LogP contribution >= 0.6 is 0 Å². The molecule has 78 valence electrons. The molecule has 0 saturated carbocycles. The number of nitrogens with zero attached hydrogens (tertiary/aromatic N) is 1. The molecule has 0 spiro atoms. The van der Waals surface area contributed by atoms with Crippen LogP contribution in [-0.2, 0) is 11.2 Å². The first-order valence-corrected chi connectivity index (χ1v) is 5.03. The first-order valence-electron chi connectivity index (χ1n) is 5.03. The van der Waals surface area contributed by atoms with Gasteiger partial charge in [0.1, 0.15) is 5.76 Å². The highest BCUT2D eigenvalue weighted by atomic mass is 16.5. The lowest BCUT2D eigenvalue weighted by molar-refractivity contribution is 0.0803. The summed E-state index contributed by atoms with van der Waals surface area (Å²) < 4.78 is 10.8. The summed E-state index contributed by atoms with van der Waals surface area (Å²) in [5, 5.41) is 8.72. The maximum atomic E-state index is 8.72. The molecule has 0 aromatic carbocycles. The average molecular weight is 197 g/mol. The second-order valence-electron chi connectivity index (χ2n) is 3.52. The molecule has 0 bridgehead atoms. The van der Waals surface area contributed by atoms with Gasteiger partial charge >= 0.3 is 0 Å². The van der Waals surface area contributed by atoms with E-state index in [4.69, 9.17) is 14.3 Å². The summed E-state index contributed by atoms with van der Waals surface area (Å²) in [7, 11) is 0. The molecule has 1 saturated heterocycles. The van der Waals surface area contributed by atoms with Crippen molar-refractivity contribution in [2.24, 2.45) is 0 Å². The molecule has 0 radical (unpaired) electrons. The van der Waals surface area contributed by atoms with Crippen molar-refractivity contribution < 1.29 is 14.3 Å². The molecule has 0 amide bonds. The van der Waals surface area contributed by atoms with Gasteiger partial charge in [-0.15, -0.1) is 0 Å². The van der Waals surface area contributed by atoms with Gasteiger partial charge in [-0.3, -0.25) is 0 Å². The quantitative estimate of drug-likeness (QED) is 0.788.